The van der Waals surface area contributed by atoms with Gasteiger partial charge in [-0.3, -0.25) is 9.69 Å². The fourth-order valence-electron chi connectivity index (χ4n) is 2.95. The zero-order valence-corrected chi connectivity index (χ0v) is 14.8. The van der Waals surface area contributed by atoms with E-state index in [1.165, 1.54) is 0 Å². The Balaban J connectivity index is 1.61. The van der Waals surface area contributed by atoms with Gasteiger partial charge >= 0.3 is 0 Å². The maximum absolute atomic E-state index is 14.6. The summed E-state index contributed by atoms with van der Waals surface area (Å²) >= 11 is 0. The Bertz CT molecular complexity index is 788. The van der Waals surface area contributed by atoms with Gasteiger partial charge in [0, 0.05) is 13.6 Å². The van der Waals surface area contributed by atoms with Crippen molar-refractivity contribution in [3.63, 3.8) is 0 Å². The average Bonchev–Trinajstić information content (AvgIpc) is 2.89. The van der Waals surface area contributed by atoms with Gasteiger partial charge in [-0.2, -0.15) is 0 Å². The molecular weight excluding hydrogens is 323 g/mol. The van der Waals surface area contributed by atoms with Crippen molar-refractivity contribution in [3.8, 4) is 0 Å². The summed E-state index contributed by atoms with van der Waals surface area (Å²) in [5, 5.41) is 14.0. The number of halogens is 1. The van der Waals surface area contributed by atoms with Gasteiger partial charge in [-0.1, -0.05) is 6.07 Å². The van der Waals surface area contributed by atoms with Gasteiger partial charge in [0.2, 0.25) is 5.91 Å². The highest BCUT2D eigenvalue weighted by Crippen LogP contribution is 2.24. The number of rotatable bonds is 5. The van der Waals surface area contributed by atoms with Crippen LogP contribution in [0.5, 0.6) is 0 Å². The molecule has 1 aliphatic rings. The van der Waals surface area contributed by atoms with Crippen LogP contribution in [-0.4, -0.2) is 45.7 Å². The minimum atomic E-state index is -0.320. The standard InChI is InChI=1S/C17H23FN6O/c1-11-21-22-15(24(11)3)9-23(2)10-16(25)20-14-5-4-12-8-19-7-6-13(12)17(14)18/h4-5,19H,6-10H2,1-3H3,(H,20,25). The van der Waals surface area contributed by atoms with E-state index in [4.69, 9.17) is 0 Å². The molecule has 1 aromatic carbocycles. The number of carbonyl (C=O) groups is 1. The van der Waals surface area contributed by atoms with E-state index in [2.05, 4.69) is 20.8 Å². The predicted molar refractivity (Wildman–Crippen MR) is 92.5 cm³/mol. The summed E-state index contributed by atoms with van der Waals surface area (Å²) in [5.74, 6) is 1.02. The Labute approximate surface area is 146 Å². The van der Waals surface area contributed by atoms with Crippen molar-refractivity contribution < 1.29 is 9.18 Å². The van der Waals surface area contributed by atoms with Gasteiger partial charge in [-0.15, -0.1) is 10.2 Å². The first-order valence-electron chi connectivity index (χ1n) is 8.30. The van der Waals surface area contributed by atoms with Crippen LogP contribution < -0.4 is 10.6 Å². The fourth-order valence-corrected chi connectivity index (χ4v) is 2.95. The maximum Gasteiger partial charge on any atom is 0.238 e. The molecule has 0 atom stereocenters. The molecule has 0 spiro atoms. The zero-order chi connectivity index (χ0) is 18.0. The molecular formula is C17H23FN6O. The van der Waals surface area contributed by atoms with Gasteiger partial charge in [0.1, 0.15) is 17.5 Å². The van der Waals surface area contributed by atoms with Crippen LogP contribution in [0.25, 0.3) is 0 Å². The predicted octanol–water partition coefficient (Wildman–Crippen LogP) is 0.979. The highest BCUT2D eigenvalue weighted by molar-refractivity contribution is 5.92. The first-order valence-corrected chi connectivity index (χ1v) is 8.30. The summed E-state index contributed by atoms with van der Waals surface area (Å²) < 4.78 is 16.5. The lowest BCUT2D eigenvalue weighted by Gasteiger charge is -2.20. The van der Waals surface area contributed by atoms with Crippen molar-refractivity contribution in [1.29, 1.82) is 0 Å². The van der Waals surface area contributed by atoms with Crippen LogP contribution in [0, 0.1) is 12.7 Å². The van der Waals surface area contributed by atoms with Gasteiger partial charge in [-0.05, 0) is 44.1 Å². The molecule has 0 radical (unpaired) electrons. The number of fused-ring (bicyclic) bond motifs is 1. The Kier molecular flexibility index (Phi) is 5.10. The molecule has 1 aliphatic heterocycles. The first-order chi connectivity index (χ1) is 12.0. The molecule has 0 saturated carbocycles. The van der Waals surface area contributed by atoms with Crippen LogP contribution in [-0.2, 0) is 31.4 Å². The van der Waals surface area contributed by atoms with E-state index in [0.717, 1.165) is 23.8 Å². The summed E-state index contributed by atoms with van der Waals surface area (Å²) in [5.41, 5.74) is 1.89. The van der Waals surface area contributed by atoms with E-state index in [9.17, 15) is 9.18 Å². The highest BCUT2D eigenvalue weighted by atomic mass is 19.1. The van der Waals surface area contributed by atoms with E-state index >= 15 is 0 Å². The van der Waals surface area contributed by atoms with Crippen LogP contribution in [0.2, 0.25) is 0 Å². The number of amides is 1. The van der Waals surface area contributed by atoms with E-state index in [1.54, 1.807) is 6.07 Å². The third kappa shape index (κ3) is 3.85. The lowest BCUT2D eigenvalue weighted by atomic mass is 9.99. The topological polar surface area (TPSA) is 75.1 Å². The Morgan fingerprint density at radius 1 is 1.44 bits per heavy atom. The second-order valence-corrected chi connectivity index (χ2v) is 6.43. The summed E-state index contributed by atoms with van der Waals surface area (Å²) in [6.07, 6.45) is 0.635. The molecule has 3 rings (SSSR count). The monoisotopic (exact) mass is 346 g/mol. The van der Waals surface area contributed by atoms with Gasteiger partial charge in [0.05, 0.1) is 18.8 Å². The minimum Gasteiger partial charge on any atom is -0.322 e. The van der Waals surface area contributed by atoms with Crippen molar-refractivity contribution in [2.24, 2.45) is 7.05 Å². The number of anilines is 1. The van der Waals surface area contributed by atoms with Crippen LogP contribution in [0.4, 0.5) is 10.1 Å². The van der Waals surface area contributed by atoms with Crippen molar-refractivity contribution in [1.82, 2.24) is 25.0 Å². The molecule has 0 fully saturated rings. The molecule has 0 unspecified atom stereocenters. The summed E-state index contributed by atoms with van der Waals surface area (Å²) in [4.78, 5) is 14.1. The van der Waals surface area contributed by atoms with E-state index in [1.807, 2.05) is 36.6 Å². The van der Waals surface area contributed by atoms with Gasteiger partial charge in [0.25, 0.3) is 0 Å². The van der Waals surface area contributed by atoms with Crippen molar-refractivity contribution in [3.05, 3.63) is 40.7 Å². The SMILES string of the molecule is Cc1nnc(CN(C)CC(=O)Nc2ccc3c(c2F)CCNC3)n1C. The third-order valence-corrected chi connectivity index (χ3v) is 4.49. The summed E-state index contributed by atoms with van der Waals surface area (Å²) in [7, 11) is 3.70. The Morgan fingerprint density at radius 2 is 2.24 bits per heavy atom. The van der Waals surface area contributed by atoms with E-state index < -0.39 is 0 Å². The molecule has 1 aromatic heterocycles. The van der Waals surface area contributed by atoms with Crippen LogP contribution in [0.15, 0.2) is 12.1 Å². The molecule has 2 N–H and O–H groups in total. The second kappa shape index (κ2) is 7.28. The van der Waals surface area contributed by atoms with Crippen molar-refractivity contribution in [2.75, 3.05) is 25.5 Å². The van der Waals surface area contributed by atoms with Gasteiger partial charge in [-0.25, -0.2) is 4.39 Å². The van der Waals surface area contributed by atoms with E-state index in [0.29, 0.717) is 25.1 Å². The van der Waals surface area contributed by atoms with Crippen LogP contribution >= 0.6 is 0 Å². The number of benzene rings is 1. The third-order valence-electron chi connectivity index (χ3n) is 4.49. The molecule has 8 heteroatoms. The maximum atomic E-state index is 14.6. The number of aryl methyl sites for hydroxylation is 1. The Morgan fingerprint density at radius 3 is 2.96 bits per heavy atom. The van der Waals surface area contributed by atoms with Crippen molar-refractivity contribution >= 4 is 11.6 Å². The van der Waals surface area contributed by atoms with Crippen LogP contribution in [0.3, 0.4) is 0 Å². The largest absolute Gasteiger partial charge is 0.322 e. The molecule has 2 aromatic rings. The van der Waals surface area contributed by atoms with Gasteiger partial charge < -0.3 is 15.2 Å². The molecule has 134 valence electrons. The quantitative estimate of drug-likeness (QED) is 0.844. The Hall–Kier alpha value is -2.32. The van der Waals surface area contributed by atoms with Crippen LogP contribution in [0.1, 0.15) is 22.8 Å². The lowest BCUT2D eigenvalue weighted by Crippen LogP contribution is -2.31. The zero-order valence-electron chi connectivity index (χ0n) is 14.8. The summed E-state index contributed by atoms with van der Waals surface area (Å²) in [6, 6.07) is 3.50. The first kappa shape index (κ1) is 17.5. The second-order valence-electron chi connectivity index (χ2n) is 6.43. The number of nitrogens with zero attached hydrogens (tertiary/aromatic N) is 4. The van der Waals surface area contributed by atoms with E-state index in [-0.39, 0.29) is 24.0 Å². The molecule has 1 amide bonds. The van der Waals surface area contributed by atoms with Crippen molar-refractivity contribution in [2.45, 2.75) is 26.4 Å². The highest BCUT2D eigenvalue weighted by Gasteiger charge is 2.18. The molecule has 7 nitrogen and oxygen atoms in total. The molecule has 2 heterocycles. The number of aromatic nitrogens is 3. The molecule has 0 bridgehead atoms. The molecule has 25 heavy (non-hydrogen) atoms. The molecule has 0 saturated heterocycles. The minimum absolute atomic E-state index is 0.143. The number of hydrogen-bond acceptors (Lipinski definition) is 5. The number of likely N-dealkylation sites (N-methyl/N-ethyl adjacent to an activating group) is 1. The fraction of sp³-hybridized carbons (Fsp3) is 0.471. The molecule has 0 aliphatic carbocycles. The normalized spacial score (nSPS) is 13.8. The number of carbonyl (C=O) groups excluding carboxylic acids is 1. The lowest BCUT2D eigenvalue weighted by molar-refractivity contribution is -0.117. The number of nitrogens with one attached hydrogen (secondary N) is 2. The number of hydrogen-bond donors (Lipinski definition) is 2. The summed E-state index contributed by atoms with van der Waals surface area (Å²) in [6.45, 7) is 3.92. The average molecular weight is 346 g/mol. The van der Waals surface area contributed by atoms with Gasteiger partial charge in [0.15, 0.2) is 0 Å². The smallest absolute Gasteiger partial charge is 0.238 e.